The van der Waals surface area contributed by atoms with Crippen LogP contribution in [0, 0.1) is 0 Å². The molecular formula is C52H33NOS. The van der Waals surface area contributed by atoms with E-state index in [9.17, 15) is 0 Å². The molecule has 0 aliphatic heterocycles. The third kappa shape index (κ3) is 5.40. The number of hydrogen-bond donors (Lipinski definition) is 0. The molecule has 258 valence electrons. The van der Waals surface area contributed by atoms with Crippen LogP contribution in [0.3, 0.4) is 0 Å². The Bertz CT molecular complexity index is 3180. The summed E-state index contributed by atoms with van der Waals surface area (Å²) in [6, 6.07) is 72.2. The van der Waals surface area contributed by atoms with Gasteiger partial charge in [0.05, 0.1) is 0 Å². The maximum absolute atomic E-state index is 6.23. The number of rotatable bonds is 6. The van der Waals surface area contributed by atoms with E-state index in [0.717, 1.165) is 44.6 Å². The highest BCUT2D eigenvalue weighted by Gasteiger charge is 2.17. The first-order chi connectivity index (χ1) is 27.2. The summed E-state index contributed by atoms with van der Waals surface area (Å²) in [4.78, 5) is 2.35. The maximum Gasteiger partial charge on any atom is 0.136 e. The summed E-state index contributed by atoms with van der Waals surface area (Å²) in [5.74, 6) is 0. The summed E-state index contributed by atoms with van der Waals surface area (Å²) < 4.78 is 8.87. The molecule has 0 N–H and O–H groups in total. The van der Waals surface area contributed by atoms with E-state index in [2.05, 4.69) is 193 Å². The standard InChI is InChI=1S/C52H33NOS/c1-2-11-42-35(9-1)10-7-14-43(42)36-21-28-40(29-22-36)53(39-26-19-34(20-27-39)38-25-32-46-45-12-4-6-18-50(45)55-51(46)33-38)41-30-23-37(24-31-41)44-15-8-17-49-52(44)47-13-3-5-16-48(47)54-49/h1-33H. The van der Waals surface area contributed by atoms with Crippen molar-refractivity contribution in [3.05, 3.63) is 200 Å². The summed E-state index contributed by atoms with van der Waals surface area (Å²) in [5.41, 5.74) is 12.3. The lowest BCUT2D eigenvalue weighted by molar-refractivity contribution is 0.669. The fourth-order valence-electron chi connectivity index (χ4n) is 8.23. The predicted molar refractivity (Wildman–Crippen MR) is 235 cm³/mol. The van der Waals surface area contributed by atoms with Crippen molar-refractivity contribution in [1.29, 1.82) is 0 Å². The molecule has 0 aliphatic carbocycles. The van der Waals surface area contributed by atoms with Crippen LogP contribution in [0.2, 0.25) is 0 Å². The van der Waals surface area contributed by atoms with Gasteiger partial charge in [0.15, 0.2) is 0 Å². The van der Waals surface area contributed by atoms with Crippen molar-refractivity contribution < 1.29 is 4.42 Å². The summed E-state index contributed by atoms with van der Waals surface area (Å²) in [6.07, 6.45) is 0. The van der Waals surface area contributed by atoms with E-state index >= 15 is 0 Å². The van der Waals surface area contributed by atoms with E-state index in [0.29, 0.717) is 0 Å². The summed E-state index contributed by atoms with van der Waals surface area (Å²) in [7, 11) is 0. The van der Waals surface area contributed by atoms with E-state index in [-0.39, 0.29) is 0 Å². The Kier molecular flexibility index (Phi) is 7.39. The first kappa shape index (κ1) is 31.6. The number of furan rings is 1. The van der Waals surface area contributed by atoms with Crippen molar-refractivity contribution in [2.75, 3.05) is 4.90 Å². The molecule has 0 fully saturated rings. The first-order valence-electron chi connectivity index (χ1n) is 18.7. The number of benzene rings is 9. The van der Waals surface area contributed by atoms with Crippen molar-refractivity contribution in [3.63, 3.8) is 0 Å². The minimum absolute atomic E-state index is 0.905. The van der Waals surface area contributed by atoms with Crippen LogP contribution in [0.4, 0.5) is 17.1 Å². The third-order valence-electron chi connectivity index (χ3n) is 10.9. The van der Waals surface area contributed by atoms with Gasteiger partial charge in [-0.3, -0.25) is 0 Å². The van der Waals surface area contributed by atoms with E-state index < -0.39 is 0 Å². The molecule has 11 rings (SSSR count). The number of para-hydroxylation sites is 1. The molecule has 0 unspecified atom stereocenters. The molecule has 0 amide bonds. The first-order valence-corrected chi connectivity index (χ1v) is 19.5. The van der Waals surface area contributed by atoms with Gasteiger partial charge in [0.25, 0.3) is 0 Å². The van der Waals surface area contributed by atoms with Crippen LogP contribution in [0.1, 0.15) is 0 Å². The maximum atomic E-state index is 6.23. The molecule has 0 saturated carbocycles. The zero-order chi connectivity index (χ0) is 36.3. The fraction of sp³-hybridized carbons (Fsp3) is 0. The van der Waals surface area contributed by atoms with Crippen molar-refractivity contribution in [3.8, 4) is 33.4 Å². The monoisotopic (exact) mass is 719 g/mol. The number of nitrogens with zero attached hydrogens (tertiary/aromatic N) is 1. The Morgan fingerprint density at radius 3 is 1.64 bits per heavy atom. The number of thiophene rings is 1. The van der Waals surface area contributed by atoms with E-state index in [1.165, 1.54) is 58.8 Å². The molecule has 55 heavy (non-hydrogen) atoms. The number of fused-ring (bicyclic) bond motifs is 7. The Labute approximate surface area is 322 Å². The molecular weight excluding hydrogens is 687 g/mol. The second-order valence-corrected chi connectivity index (χ2v) is 15.2. The van der Waals surface area contributed by atoms with Gasteiger partial charge >= 0.3 is 0 Å². The predicted octanol–water partition coefficient (Wildman–Crippen LogP) is 15.6. The lowest BCUT2D eigenvalue weighted by Gasteiger charge is -2.26. The molecule has 0 aliphatic rings. The molecule has 2 heterocycles. The van der Waals surface area contributed by atoms with Crippen molar-refractivity contribution in [1.82, 2.24) is 0 Å². The van der Waals surface area contributed by atoms with E-state index in [1.807, 2.05) is 23.5 Å². The highest BCUT2D eigenvalue weighted by Crippen LogP contribution is 2.42. The minimum atomic E-state index is 0.905. The lowest BCUT2D eigenvalue weighted by Crippen LogP contribution is -2.09. The zero-order valence-corrected chi connectivity index (χ0v) is 30.6. The molecule has 0 radical (unpaired) electrons. The smallest absolute Gasteiger partial charge is 0.136 e. The van der Waals surface area contributed by atoms with Gasteiger partial charge in [0, 0.05) is 48.0 Å². The van der Waals surface area contributed by atoms with Gasteiger partial charge in [-0.2, -0.15) is 0 Å². The molecule has 2 aromatic heterocycles. The van der Waals surface area contributed by atoms with Gasteiger partial charge in [0.1, 0.15) is 11.2 Å². The van der Waals surface area contributed by atoms with Crippen molar-refractivity contribution in [2.24, 2.45) is 0 Å². The second-order valence-electron chi connectivity index (χ2n) is 14.1. The van der Waals surface area contributed by atoms with Crippen molar-refractivity contribution >= 4 is 81.3 Å². The van der Waals surface area contributed by atoms with Gasteiger partial charge in [-0.1, -0.05) is 140 Å². The van der Waals surface area contributed by atoms with Crippen LogP contribution >= 0.6 is 11.3 Å². The molecule has 11 aromatic rings. The quantitative estimate of drug-likeness (QED) is 0.170. The van der Waals surface area contributed by atoms with Gasteiger partial charge in [-0.25, -0.2) is 0 Å². The summed E-state index contributed by atoms with van der Waals surface area (Å²) in [6.45, 7) is 0. The topological polar surface area (TPSA) is 16.4 Å². The molecule has 9 aromatic carbocycles. The van der Waals surface area contributed by atoms with Crippen molar-refractivity contribution in [2.45, 2.75) is 0 Å². The molecule has 0 atom stereocenters. The van der Waals surface area contributed by atoms with E-state index in [1.54, 1.807) is 0 Å². The Morgan fingerprint density at radius 2 is 0.873 bits per heavy atom. The average Bonchev–Trinajstić information content (AvgIpc) is 3.83. The van der Waals surface area contributed by atoms with Gasteiger partial charge < -0.3 is 9.32 Å². The van der Waals surface area contributed by atoms with Crippen LogP contribution in [0.5, 0.6) is 0 Å². The van der Waals surface area contributed by atoms with Gasteiger partial charge in [-0.15, -0.1) is 11.3 Å². The average molecular weight is 720 g/mol. The Balaban J connectivity index is 0.994. The molecule has 0 spiro atoms. The van der Waals surface area contributed by atoms with Crippen LogP contribution in [-0.2, 0) is 0 Å². The van der Waals surface area contributed by atoms with Crippen LogP contribution in [-0.4, -0.2) is 0 Å². The Morgan fingerprint density at radius 1 is 0.345 bits per heavy atom. The number of anilines is 3. The zero-order valence-electron chi connectivity index (χ0n) is 29.8. The largest absolute Gasteiger partial charge is 0.456 e. The summed E-state index contributed by atoms with van der Waals surface area (Å²) in [5, 5.41) is 7.44. The van der Waals surface area contributed by atoms with Crippen LogP contribution in [0.15, 0.2) is 205 Å². The molecule has 2 nitrogen and oxygen atoms in total. The number of hydrogen-bond acceptors (Lipinski definition) is 3. The van der Waals surface area contributed by atoms with E-state index in [4.69, 9.17) is 4.42 Å². The highest BCUT2D eigenvalue weighted by molar-refractivity contribution is 7.25. The molecule has 0 saturated heterocycles. The second kappa shape index (κ2) is 12.9. The van der Waals surface area contributed by atoms with Gasteiger partial charge in [-0.05, 0) is 105 Å². The summed E-state index contributed by atoms with van der Waals surface area (Å²) >= 11 is 1.86. The van der Waals surface area contributed by atoms with Crippen LogP contribution in [0.25, 0.3) is 86.3 Å². The fourth-order valence-corrected chi connectivity index (χ4v) is 9.37. The SMILES string of the molecule is c1ccc2c(-c3ccc(N(c4ccc(-c5ccc6c(c5)sc5ccccc56)cc4)c4ccc(-c5cccc6oc7ccccc7c56)cc4)cc3)cccc2c1. The molecule has 3 heteroatoms. The van der Waals surface area contributed by atoms with Gasteiger partial charge in [0.2, 0.25) is 0 Å². The van der Waals surface area contributed by atoms with Crippen LogP contribution < -0.4 is 4.90 Å². The molecule has 0 bridgehead atoms. The lowest BCUT2D eigenvalue weighted by atomic mass is 9.97. The normalized spacial score (nSPS) is 11.6. The third-order valence-corrected chi connectivity index (χ3v) is 12.0. The Hall–Kier alpha value is -6.94. The highest BCUT2D eigenvalue weighted by atomic mass is 32.1. The minimum Gasteiger partial charge on any atom is -0.456 e.